The predicted molar refractivity (Wildman–Crippen MR) is 278 cm³/mol. The smallest absolute Gasteiger partial charge is 0.412 e. The second-order valence-corrected chi connectivity index (χ2v) is 20.4. The third kappa shape index (κ3) is 14.2. The van der Waals surface area contributed by atoms with Crippen molar-refractivity contribution in [3.05, 3.63) is 96.1 Å². The van der Waals surface area contributed by atoms with Crippen LogP contribution in [0.25, 0.3) is 10.8 Å². The molecular formula is C58H83N3O9. The molecule has 2 aliphatic carbocycles. The Morgan fingerprint density at radius 2 is 1.59 bits per heavy atom. The summed E-state index contributed by atoms with van der Waals surface area (Å²) in [4.78, 5) is 36.2. The highest BCUT2D eigenvalue weighted by atomic mass is 16.7. The average molecular weight is 966 g/mol. The first-order valence-corrected chi connectivity index (χ1v) is 26.6. The van der Waals surface area contributed by atoms with Gasteiger partial charge in [0.05, 0.1) is 31.4 Å². The van der Waals surface area contributed by atoms with Crippen molar-refractivity contribution >= 4 is 28.7 Å². The number of amides is 2. The number of rotatable bonds is 28. The van der Waals surface area contributed by atoms with Gasteiger partial charge in [-0.25, -0.2) is 9.59 Å². The zero-order chi connectivity index (χ0) is 49.9. The van der Waals surface area contributed by atoms with Crippen molar-refractivity contribution in [1.82, 2.24) is 10.2 Å². The van der Waals surface area contributed by atoms with Crippen LogP contribution in [0.4, 0.5) is 9.59 Å². The number of benzene rings is 3. The molecule has 3 aliphatic rings. The molecule has 0 spiro atoms. The number of nitrogens with zero attached hydrogens (tertiary/aromatic N) is 2. The van der Waals surface area contributed by atoms with Gasteiger partial charge in [0.25, 0.3) is 0 Å². The highest BCUT2D eigenvalue weighted by molar-refractivity contribution is 6.03. The summed E-state index contributed by atoms with van der Waals surface area (Å²) in [6.45, 7) is 15.2. The third-order valence-corrected chi connectivity index (χ3v) is 14.2. The molecule has 384 valence electrons. The van der Waals surface area contributed by atoms with Crippen LogP contribution in [0.1, 0.15) is 161 Å². The zero-order valence-corrected chi connectivity index (χ0v) is 42.9. The molecule has 3 aromatic carbocycles. The molecule has 2 amide bonds. The molecule has 1 aliphatic heterocycles. The highest BCUT2D eigenvalue weighted by Crippen LogP contribution is 2.62. The van der Waals surface area contributed by atoms with E-state index in [1.54, 1.807) is 24.0 Å². The van der Waals surface area contributed by atoms with Gasteiger partial charge in [0.2, 0.25) is 5.79 Å². The van der Waals surface area contributed by atoms with E-state index in [0.717, 1.165) is 72.4 Å². The molecule has 70 heavy (non-hydrogen) atoms. The number of hydrogen-bond acceptors (Lipinski definition) is 10. The normalized spacial score (nSPS) is 22.1. The molecule has 12 heteroatoms. The number of aliphatic hydroxyl groups is 2. The largest absolute Gasteiger partial charge is 0.459 e. The molecule has 0 unspecified atom stereocenters. The van der Waals surface area contributed by atoms with Crippen molar-refractivity contribution in [3.63, 3.8) is 0 Å². The monoisotopic (exact) mass is 966 g/mol. The molecule has 3 N–H and O–H groups in total. The van der Waals surface area contributed by atoms with Crippen LogP contribution in [0.3, 0.4) is 0 Å². The number of aliphatic hydroxyl groups excluding tert-OH is 2. The summed E-state index contributed by atoms with van der Waals surface area (Å²) in [5.74, 6) is -1.34. The second-order valence-electron chi connectivity index (χ2n) is 20.4. The number of allylic oxidation sites excluding steroid dienone is 1. The maximum atomic E-state index is 14.8. The van der Waals surface area contributed by atoms with E-state index >= 15 is 0 Å². The second kappa shape index (κ2) is 27.1. The molecule has 0 bridgehead atoms. The first-order chi connectivity index (χ1) is 34.0. The quantitative estimate of drug-likeness (QED) is 0.0367. The molecule has 0 radical (unpaired) electrons. The molecule has 1 saturated carbocycles. The van der Waals surface area contributed by atoms with Gasteiger partial charge in [0, 0.05) is 37.7 Å². The number of ether oxygens (including phenoxy) is 4. The average Bonchev–Trinajstić information content (AvgIpc) is 3.34. The molecular weight excluding hydrogens is 883 g/mol. The van der Waals surface area contributed by atoms with Crippen LogP contribution in [0, 0.1) is 17.8 Å². The van der Waals surface area contributed by atoms with E-state index < -0.39 is 35.5 Å². The molecule has 3 aromatic rings. The van der Waals surface area contributed by atoms with Crippen LogP contribution in [-0.2, 0) is 20.9 Å². The van der Waals surface area contributed by atoms with Crippen molar-refractivity contribution < 1.29 is 43.6 Å². The lowest BCUT2D eigenvalue weighted by Crippen LogP contribution is -2.70. The number of nitrogens with one attached hydrogen (secondary N) is 1. The van der Waals surface area contributed by atoms with E-state index in [-0.39, 0.29) is 57.1 Å². The van der Waals surface area contributed by atoms with Crippen molar-refractivity contribution in [3.8, 4) is 11.5 Å². The van der Waals surface area contributed by atoms with Gasteiger partial charge in [-0.2, -0.15) is 0 Å². The van der Waals surface area contributed by atoms with Gasteiger partial charge in [-0.05, 0) is 112 Å². The van der Waals surface area contributed by atoms with Crippen LogP contribution in [-0.4, -0.2) is 83.4 Å². The Morgan fingerprint density at radius 1 is 0.886 bits per heavy atom. The van der Waals surface area contributed by atoms with E-state index in [1.165, 1.54) is 44.9 Å². The predicted octanol–water partition coefficient (Wildman–Crippen LogP) is 12.9. The fraction of sp³-hybridized carbons (Fsp3) is 0.603. The van der Waals surface area contributed by atoms with Crippen LogP contribution in [0.15, 0.2) is 90.1 Å². The summed E-state index contributed by atoms with van der Waals surface area (Å²) < 4.78 is 26.6. The Hall–Kier alpha value is -4.91. The maximum absolute atomic E-state index is 14.8. The minimum Gasteiger partial charge on any atom is -0.459 e. The standard InChI is InChI=1S/C58H83N3O9/c1-7-10-11-12-13-14-15-16-17-22-34-59-55(64)68-45-32-33-51-49(39-45)53-47(31-21-24-36-63)43(27-20-23-35-62)38-48-50(60-70-57(4,5)6)40-52(58(69-51,54(48)53)67-37-8-2)61(56(65)66-9-3)41-44-29-25-28-42-26-18-19-30-46(42)44/h8,18-19,25-26,28-30,32-33,38-39,43,47,52-54,62-63H,2,7,9-17,20-24,27,31,34-37,40-41H2,1,3-6H3,(H,59,64)/t43-,47+,52-,53+,54+,58+/m0/s1. The molecule has 1 heterocycles. The summed E-state index contributed by atoms with van der Waals surface area (Å²) in [7, 11) is 0. The summed E-state index contributed by atoms with van der Waals surface area (Å²) in [6, 6.07) is 19.0. The van der Waals surface area contributed by atoms with Gasteiger partial charge in [0.15, 0.2) is 0 Å². The summed E-state index contributed by atoms with van der Waals surface area (Å²) in [5, 5.41) is 30.1. The van der Waals surface area contributed by atoms with Crippen LogP contribution >= 0.6 is 0 Å². The Balaban J connectivity index is 1.44. The fourth-order valence-corrected chi connectivity index (χ4v) is 11.0. The van der Waals surface area contributed by atoms with Gasteiger partial charge in [0.1, 0.15) is 23.1 Å². The van der Waals surface area contributed by atoms with Crippen molar-refractivity contribution in [2.24, 2.45) is 22.9 Å². The summed E-state index contributed by atoms with van der Waals surface area (Å²) >= 11 is 0. The first-order valence-electron chi connectivity index (χ1n) is 26.6. The SMILES string of the molecule is C=CCO[C@@]12Oc3ccc(OC(=O)NCCCCCCCCCCCC)cc3[C@H]3[C@H](CCCCO)[C@@H](CCCCO)C=C(C(=NOC(C)(C)C)C[C@@H]1N(Cc1cccc4ccccc14)C(=O)OCC)[C@H]32. The highest BCUT2D eigenvalue weighted by Gasteiger charge is 2.66. The van der Waals surface area contributed by atoms with Crippen molar-refractivity contribution in [2.75, 3.05) is 33.0 Å². The fourth-order valence-electron chi connectivity index (χ4n) is 11.0. The number of carbonyl (C=O) groups excluding carboxylic acids is 2. The maximum Gasteiger partial charge on any atom is 0.412 e. The Kier molecular flexibility index (Phi) is 21.0. The number of fused-ring (bicyclic) bond motifs is 3. The van der Waals surface area contributed by atoms with E-state index in [2.05, 4.69) is 43.1 Å². The summed E-state index contributed by atoms with van der Waals surface area (Å²) in [5.41, 5.74) is 2.78. The Morgan fingerprint density at radius 3 is 2.29 bits per heavy atom. The number of unbranched alkanes of at least 4 members (excludes halogenated alkanes) is 11. The minimum absolute atomic E-state index is 0.00795. The Bertz CT molecular complexity index is 2200. The lowest BCUT2D eigenvalue weighted by molar-refractivity contribution is -0.256. The van der Waals surface area contributed by atoms with Gasteiger partial charge in [-0.3, -0.25) is 4.90 Å². The van der Waals surface area contributed by atoms with Crippen molar-refractivity contribution in [1.29, 1.82) is 0 Å². The lowest BCUT2D eigenvalue weighted by Gasteiger charge is -2.60. The molecule has 6 atom stereocenters. The van der Waals surface area contributed by atoms with Crippen LogP contribution < -0.4 is 14.8 Å². The summed E-state index contributed by atoms with van der Waals surface area (Å²) in [6.07, 6.45) is 19.8. The molecule has 0 saturated heterocycles. The zero-order valence-electron chi connectivity index (χ0n) is 42.9. The third-order valence-electron chi connectivity index (χ3n) is 14.2. The number of hydrogen-bond donors (Lipinski definition) is 3. The van der Waals surface area contributed by atoms with Gasteiger partial charge in [-0.1, -0.05) is 137 Å². The van der Waals surface area contributed by atoms with Gasteiger partial charge in [-0.15, -0.1) is 6.58 Å². The Labute approximate surface area is 418 Å². The van der Waals surface area contributed by atoms with E-state index in [0.29, 0.717) is 36.6 Å². The topological polar surface area (TPSA) is 148 Å². The minimum atomic E-state index is -1.49. The molecule has 1 fully saturated rings. The van der Waals surface area contributed by atoms with E-state index in [9.17, 15) is 19.8 Å². The van der Waals surface area contributed by atoms with Gasteiger partial charge < -0.3 is 39.3 Å². The van der Waals surface area contributed by atoms with Crippen LogP contribution in [0.5, 0.6) is 11.5 Å². The number of oxime groups is 1. The molecule has 12 nitrogen and oxygen atoms in total. The first kappa shape index (κ1) is 54.4. The van der Waals surface area contributed by atoms with Crippen molar-refractivity contribution in [2.45, 2.75) is 174 Å². The number of carbonyl (C=O) groups is 2. The van der Waals surface area contributed by atoms with E-state index in [1.807, 2.05) is 57.2 Å². The molecule has 0 aromatic heterocycles. The van der Waals surface area contributed by atoms with Gasteiger partial charge >= 0.3 is 12.2 Å². The molecule has 6 rings (SSSR count). The lowest BCUT2D eigenvalue weighted by atomic mass is 9.55. The van der Waals surface area contributed by atoms with Crippen LogP contribution in [0.2, 0.25) is 0 Å². The van der Waals surface area contributed by atoms with E-state index in [4.69, 9.17) is 28.9 Å².